The summed E-state index contributed by atoms with van der Waals surface area (Å²) >= 11 is 0. The minimum absolute atomic E-state index is 0.00784. The van der Waals surface area contributed by atoms with Crippen LogP contribution in [-0.4, -0.2) is 57.3 Å². The number of nitrogens with two attached hydrogens (primary N) is 1. The van der Waals surface area contributed by atoms with Gasteiger partial charge in [-0.2, -0.15) is 18.3 Å². The molecule has 1 aliphatic heterocycles. The normalized spacial score (nSPS) is 20.2. The van der Waals surface area contributed by atoms with Crippen molar-refractivity contribution in [3.05, 3.63) is 40.7 Å². The second-order valence-corrected chi connectivity index (χ2v) is 10.1. The van der Waals surface area contributed by atoms with E-state index in [1.165, 1.54) is 18.2 Å². The molecule has 1 aromatic heterocycles. The SMILES string of the molecule is CC1(C)CC(=O)c2c(C(F)(F)F)nn(-c3ccc(C(N)=O)c(NCCCN4CCCC4O)c3)c2C1. The first-order chi connectivity index (χ1) is 16.4. The standard InChI is InChI=1S/C24H30F3N5O3/c1-23(2)12-17-20(18(33)13-23)21(24(25,26)27)30-32(17)14-6-7-15(22(28)35)16(11-14)29-8-4-10-31-9-3-5-19(31)34/h6-7,11,19,29,34H,3-5,8-10,12-13H2,1-2H3,(H2,28,35). The van der Waals surface area contributed by atoms with Gasteiger partial charge < -0.3 is 16.2 Å². The van der Waals surface area contributed by atoms with E-state index in [4.69, 9.17) is 5.73 Å². The molecule has 1 unspecified atom stereocenters. The molecular formula is C24H30F3N5O3. The maximum absolute atomic E-state index is 13.8. The summed E-state index contributed by atoms with van der Waals surface area (Å²) in [5.74, 6) is -1.25. The molecule has 190 valence electrons. The number of anilines is 1. The molecule has 0 spiro atoms. The number of primary amides is 1. The minimum atomic E-state index is -4.78. The Morgan fingerprint density at radius 2 is 2.06 bits per heavy atom. The lowest BCUT2D eigenvalue weighted by Gasteiger charge is -2.29. The van der Waals surface area contributed by atoms with Crippen molar-refractivity contribution in [2.75, 3.05) is 25.0 Å². The zero-order valence-electron chi connectivity index (χ0n) is 19.8. The van der Waals surface area contributed by atoms with Gasteiger partial charge in [-0.05, 0) is 49.3 Å². The van der Waals surface area contributed by atoms with E-state index in [0.29, 0.717) is 30.9 Å². The molecule has 0 bridgehead atoms. The third-order valence-electron chi connectivity index (χ3n) is 6.59. The van der Waals surface area contributed by atoms with Crippen molar-refractivity contribution in [2.24, 2.45) is 11.1 Å². The van der Waals surface area contributed by atoms with Crippen LogP contribution < -0.4 is 11.1 Å². The first kappa shape index (κ1) is 25.2. The first-order valence-electron chi connectivity index (χ1n) is 11.7. The number of carbonyl (C=O) groups excluding carboxylic acids is 2. The molecule has 1 amide bonds. The number of amides is 1. The van der Waals surface area contributed by atoms with Crippen LogP contribution in [0, 0.1) is 5.41 Å². The summed E-state index contributed by atoms with van der Waals surface area (Å²) < 4.78 is 42.4. The highest BCUT2D eigenvalue weighted by Crippen LogP contribution is 2.42. The fourth-order valence-corrected chi connectivity index (χ4v) is 4.96. The summed E-state index contributed by atoms with van der Waals surface area (Å²) in [4.78, 5) is 26.6. The number of fused-ring (bicyclic) bond motifs is 1. The molecule has 11 heteroatoms. The van der Waals surface area contributed by atoms with Gasteiger partial charge >= 0.3 is 6.18 Å². The molecule has 2 heterocycles. The second-order valence-electron chi connectivity index (χ2n) is 10.1. The number of aliphatic hydroxyl groups excluding tert-OH is 1. The van der Waals surface area contributed by atoms with Crippen molar-refractivity contribution in [2.45, 2.75) is 58.4 Å². The average molecular weight is 494 g/mol. The van der Waals surface area contributed by atoms with Gasteiger partial charge in [-0.1, -0.05) is 13.8 Å². The molecule has 2 aromatic rings. The molecule has 4 rings (SSSR count). The van der Waals surface area contributed by atoms with Crippen LogP contribution in [-0.2, 0) is 12.6 Å². The number of rotatable bonds is 7. The van der Waals surface area contributed by atoms with Gasteiger partial charge in [0.15, 0.2) is 11.5 Å². The Bertz CT molecular complexity index is 1140. The van der Waals surface area contributed by atoms with Gasteiger partial charge in [-0.15, -0.1) is 0 Å². The Balaban J connectivity index is 1.66. The van der Waals surface area contributed by atoms with Gasteiger partial charge in [-0.3, -0.25) is 14.5 Å². The fourth-order valence-electron chi connectivity index (χ4n) is 4.96. The van der Waals surface area contributed by atoms with E-state index in [1.54, 1.807) is 0 Å². The number of alkyl halides is 3. The predicted molar refractivity (Wildman–Crippen MR) is 123 cm³/mol. The molecule has 1 fully saturated rings. The van der Waals surface area contributed by atoms with E-state index >= 15 is 0 Å². The highest BCUT2D eigenvalue weighted by atomic mass is 19.4. The topological polar surface area (TPSA) is 113 Å². The molecule has 35 heavy (non-hydrogen) atoms. The van der Waals surface area contributed by atoms with Crippen LogP contribution >= 0.6 is 0 Å². The Morgan fingerprint density at radius 3 is 2.69 bits per heavy atom. The number of aromatic nitrogens is 2. The van der Waals surface area contributed by atoms with Gasteiger partial charge in [0.1, 0.15) is 6.23 Å². The molecule has 1 aliphatic carbocycles. The van der Waals surface area contributed by atoms with Crippen LogP contribution in [0.3, 0.4) is 0 Å². The highest BCUT2D eigenvalue weighted by Gasteiger charge is 2.45. The number of benzene rings is 1. The maximum atomic E-state index is 13.8. The van der Waals surface area contributed by atoms with E-state index in [1.807, 2.05) is 18.7 Å². The largest absolute Gasteiger partial charge is 0.435 e. The number of nitrogens with one attached hydrogen (secondary N) is 1. The van der Waals surface area contributed by atoms with Crippen LogP contribution in [0.4, 0.5) is 18.9 Å². The molecule has 8 nitrogen and oxygen atoms in total. The Kier molecular flexibility index (Phi) is 6.67. The highest BCUT2D eigenvalue weighted by molar-refractivity contribution is 6.00. The summed E-state index contributed by atoms with van der Waals surface area (Å²) in [5, 5.41) is 16.9. The minimum Gasteiger partial charge on any atom is -0.384 e. The van der Waals surface area contributed by atoms with Crippen molar-refractivity contribution in [3.63, 3.8) is 0 Å². The Hall–Kier alpha value is -2.92. The van der Waals surface area contributed by atoms with Crippen molar-refractivity contribution in [3.8, 4) is 5.69 Å². The zero-order chi connectivity index (χ0) is 25.5. The van der Waals surface area contributed by atoms with E-state index in [9.17, 15) is 27.9 Å². The van der Waals surface area contributed by atoms with Gasteiger partial charge in [-0.25, -0.2) is 4.68 Å². The molecule has 2 aliphatic rings. The third-order valence-corrected chi connectivity index (χ3v) is 6.59. The van der Waals surface area contributed by atoms with Gasteiger partial charge in [0, 0.05) is 31.7 Å². The van der Waals surface area contributed by atoms with E-state index < -0.39 is 35.2 Å². The predicted octanol–water partition coefficient (Wildman–Crippen LogP) is 3.36. The third kappa shape index (κ3) is 5.20. The number of likely N-dealkylation sites (tertiary alicyclic amines) is 1. The summed E-state index contributed by atoms with van der Waals surface area (Å²) in [5.41, 5.74) is 4.50. The van der Waals surface area contributed by atoms with Crippen LogP contribution in [0.1, 0.15) is 71.6 Å². The van der Waals surface area contributed by atoms with Gasteiger partial charge in [0.05, 0.1) is 22.5 Å². The monoisotopic (exact) mass is 493 g/mol. The molecule has 1 atom stereocenters. The second kappa shape index (κ2) is 9.27. The number of ketones is 1. The molecule has 1 saturated heterocycles. The van der Waals surface area contributed by atoms with E-state index in [-0.39, 0.29) is 29.7 Å². The fraction of sp³-hybridized carbons (Fsp3) is 0.542. The number of Topliss-reactive ketones (excluding diaryl/α,β-unsaturated/α-hetero) is 1. The molecular weight excluding hydrogens is 463 g/mol. The van der Waals surface area contributed by atoms with Crippen molar-refractivity contribution < 1.29 is 27.9 Å². The Morgan fingerprint density at radius 1 is 1.31 bits per heavy atom. The summed E-state index contributed by atoms with van der Waals surface area (Å²) in [6.07, 6.45) is -2.60. The summed E-state index contributed by atoms with van der Waals surface area (Å²) in [6.45, 7) is 5.62. The van der Waals surface area contributed by atoms with Crippen LogP contribution in [0.15, 0.2) is 18.2 Å². The van der Waals surface area contributed by atoms with E-state index in [2.05, 4.69) is 10.4 Å². The van der Waals surface area contributed by atoms with Crippen molar-refractivity contribution >= 4 is 17.4 Å². The molecule has 0 radical (unpaired) electrons. The smallest absolute Gasteiger partial charge is 0.384 e. The van der Waals surface area contributed by atoms with E-state index in [0.717, 1.165) is 24.1 Å². The van der Waals surface area contributed by atoms with Crippen LogP contribution in [0.25, 0.3) is 5.69 Å². The first-order valence-corrected chi connectivity index (χ1v) is 11.7. The number of carbonyl (C=O) groups is 2. The van der Waals surface area contributed by atoms with Crippen molar-refractivity contribution in [1.82, 2.24) is 14.7 Å². The summed E-state index contributed by atoms with van der Waals surface area (Å²) in [7, 11) is 0. The zero-order valence-corrected chi connectivity index (χ0v) is 19.8. The van der Waals surface area contributed by atoms with Crippen LogP contribution in [0.2, 0.25) is 0 Å². The number of nitrogens with zero attached hydrogens (tertiary/aromatic N) is 3. The summed E-state index contributed by atoms with van der Waals surface area (Å²) in [6, 6.07) is 4.46. The molecule has 1 aromatic carbocycles. The quantitative estimate of drug-likeness (QED) is 0.510. The number of hydrogen-bond acceptors (Lipinski definition) is 6. The lowest BCUT2D eigenvalue weighted by Crippen LogP contribution is -2.31. The lowest BCUT2D eigenvalue weighted by molar-refractivity contribution is -0.141. The maximum Gasteiger partial charge on any atom is 0.435 e. The number of aliphatic hydroxyl groups is 1. The lowest BCUT2D eigenvalue weighted by atomic mass is 9.75. The van der Waals surface area contributed by atoms with Gasteiger partial charge in [0.25, 0.3) is 5.91 Å². The molecule has 4 N–H and O–H groups in total. The molecule has 0 saturated carbocycles. The van der Waals surface area contributed by atoms with Crippen LogP contribution in [0.5, 0.6) is 0 Å². The van der Waals surface area contributed by atoms with Gasteiger partial charge in [0.2, 0.25) is 0 Å². The van der Waals surface area contributed by atoms with Crippen molar-refractivity contribution in [1.29, 1.82) is 0 Å². The average Bonchev–Trinajstić information content (AvgIpc) is 3.33. The Labute approximate surface area is 201 Å². The number of hydrogen-bond donors (Lipinski definition) is 3. The number of halogens is 3.